The summed E-state index contributed by atoms with van der Waals surface area (Å²) in [6, 6.07) is 10.7. The average Bonchev–Trinajstić information content (AvgIpc) is 3.11. The van der Waals surface area contributed by atoms with Gasteiger partial charge in [-0.15, -0.1) is 0 Å². The predicted octanol–water partition coefficient (Wildman–Crippen LogP) is 3.48. The van der Waals surface area contributed by atoms with E-state index in [9.17, 15) is 19.7 Å². The second kappa shape index (κ2) is 8.91. The number of primary amides is 1. The molecule has 8 nitrogen and oxygen atoms in total. The first-order valence-electron chi connectivity index (χ1n) is 9.14. The zero-order chi connectivity index (χ0) is 21.0. The number of para-hydroxylation sites is 1. The molecule has 0 aromatic heterocycles. The number of anilines is 1. The molecule has 1 aliphatic rings. The Morgan fingerprint density at radius 3 is 2.79 bits per heavy atom. The number of carbonyl (C=O) groups is 2. The van der Waals surface area contributed by atoms with Gasteiger partial charge in [0.15, 0.2) is 12.5 Å². The number of carbonyl (C=O) groups excluding carboxylic acids is 2. The van der Waals surface area contributed by atoms with Crippen molar-refractivity contribution in [2.75, 3.05) is 11.4 Å². The number of aldehydes is 1. The van der Waals surface area contributed by atoms with Crippen LogP contribution in [-0.2, 0) is 11.2 Å². The third-order valence-corrected chi connectivity index (χ3v) is 5.14. The summed E-state index contributed by atoms with van der Waals surface area (Å²) < 4.78 is 6.08. The number of amides is 1. The quantitative estimate of drug-likeness (QED) is 0.379. The number of nitrogens with zero attached hydrogens (tertiary/aromatic N) is 2. The van der Waals surface area contributed by atoms with Gasteiger partial charge in [-0.05, 0) is 36.6 Å². The Labute approximate surface area is 172 Å². The van der Waals surface area contributed by atoms with Crippen molar-refractivity contribution in [2.45, 2.75) is 31.9 Å². The lowest BCUT2D eigenvalue weighted by Gasteiger charge is -2.31. The number of benzene rings is 2. The van der Waals surface area contributed by atoms with E-state index in [1.54, 1.807) is 0 Å². The Morgan fingerprint density at radius 1 is 1.34 bits per heavy atom. The van der Waals surface area contributed by atoms with Crippen LogP contribution in [0.5, 0.6) is 5.75 Å². The molecular weight excluding hydrogens is 398 g/mol. The summed E-state index contributed by atoms with van der Waals surface area (Å²) in [6.45, 7) is 0.687. The molecule has 1 amide bonds. The zero-order valence-corrected chi connectivity index (χ0v) is 16.3. The van der Waals surface area contributed by atoms with Crippen LogP contribution >= 0.6 is 11.6 Å². The second-order valence-electron chi connectivity index (χ2n) is 6.69. The third-order valence-electron chi connectivity index (χ3n) is 4.84. The van der Waals surface area contributed by atoms with Gasteiger partial charge in [-0.25, -0.2) is 0 Å². The Bertz CT molecular complexity index is 950. The molecular formula is C20H20ClN3O5. The lowest BCUT2D eigenvalue weighted by molar-refractivity contribution is -0.385. The van der Waals surface area contributed by atoms with Crippen molar-refractivity contribution < 1.29 is 19.2 Å². The van der Waals surface area contributed by atoms with E-state index in [2.05, 4.69) is 0 Å². The molecule has 152 valence electrons. The van der Waals surface area contributed by atoms with Crippen molar-refractivity contribution in [1.29, 1.82) is 0 Å². The van der Waals surface area contributed by atoms with Gasteiger partial charge in [0.05, 0.1) is 4.92 Å². The van der Waals surface area contributed by atoms with E-state index in [0.29, 0.717) is 25.7 Å². The third kappa shape index (κ3) is 4.48. The number of rotatable bonds is 9. The summed E-state index contributed by atoms with van der Waals surface area (Å²) in [5, 5.41) is 11.2. The Balaban J connectivity index is 1.94. The summed E-state index contributed by atoms with van der Waals surface area (Å²) in [5.41, 5.74) is 6.70. The normalized spacial score (nSPS) is 13.6. The van der Waals surface area contributed by atoms with Gasteiger partial charge in [0.2, 0.25) is 5.91 Å². The van der Waals surface area contributed by atoms with Crippen LogP contribution in [0.2, 0.25) is 5.02 Å². The maximum Gasteiger partial charge on any atom is 0.302 e. The van der Waals surface area contributed by atoms with Crippen LogP contribution in [0.15, 0.2) is 36.4 Å². The van der Waals surface area contributed by atoms with Crippen LogP contribution in [0.25, 0.3) is 0 Å². The molecule has 9 heteroatoms. The molecule has 0 aliphatic carbocycles. The SMILES string of the molecule is NC(=O)CCCC(Oc1ccc(Cl)c([N+](=O)[O-])c1C=O)N1CCc2ccccc21. The first-order chi connectivity index (χ1) is 13.9. The molecule has 0 saturated heterocycles. The van der Waals surface area contributed by atoms with Crippen molar-refractivity contribution in [1.82, 2.24) is 0 Å². The monoisotopic (exact) mass is 417 g/mol. The maximum atomic E-state index is 11.6. The standard InChI is InChI=1S/C20H20ClN3O5/c21-15-8-9-17(14(12-25)20(15)24(27)28)29-19(7-3-6-18(22)26)23-11-10-13-4-1-2-5-16(13)23/h1-2,4-5,8-9,12,19H,3,6-7,10-11H2,(H2,22,26). The molecule has 0 radical (unpaired) electrons. The second-order valence-corrected chi connectivity index (χ2v) is 7.09. The van der Waals surface area contributed by atoms with Crippen LogP contribution in [0.4, 0.5) is 11.4 Å². The molecule has 1 aliphatic heterocycles. The first-order valence-corrected chi connectivity index (χ1v) is 9.51. The Kier molecular flexibility index (Phi) is 6.33. The fourth-order valence-corrected chi connectivity index (χ4v) is 3.74. The minimum atomic E-state index is -0.702. The summed E-state index contributed by atoms with van der Waals surface area (Å²) in [7, 11) is 0. The number of hydrogen-bond donors (Lipinski definition) is 1. The highest BCUT2D eigenvalue weighted by atomic mass is 35.5. The Morgan fingerprint density at radius 2 is 2.10 bits per heavy atom. The van der Waals surface area contributed by atoms with Crippen molar-refractivity contribution in [3.63, 3.8) is 0 Å². The maximum absolute atomic E-state index is 11.6. The van der Waals surface area contributed by atoms with Gasteiger partial charge in [0.25, 0.3) is 0 Å². The largest absolute Gasteiger partial charge is 0.470 e. The summed E-state index contributed by atoms with van der Waals surface area (Å²) in [6.07, 6.45) is 1.79. The van der Waals surface area contributed by atoms with Crippen molar-refractivity contribution in [2.24, 2.45) is 5.73 Å². The molecule has 0 fully saturated rings. The molecule has 0 bridgehead atoms. The van der Waals surface area contributed by atoms with Gasteiger partial charge < -0.3 is 15.4 Å². The number of halogens is 1. The highest BCUT2D eigenvalue weighted by Gasteiger charge is 2.30. The Hall–Kier alpha value is -3.13. The first kappa shape index (κ1) is 20.6. The van der Waals surface area contributed by atoms with Crippen molar-refractivity contribution >= 4 is 35.2 Å². The van der Waals surface area contributed by atoms with Crippen LogP contribution in [0, 0.1) is 10.1 Å². The van der Waals surface area contributed by atoms with Crippen LogP contribution in [0.3, 0.4) is 0 Å². The topological polar surface area (TPSA) is 116 Å². The fraction of sp³-hybridized carbons (Fsp3) is 0.300. The number of hydrogen-bond acceptors (Lipinski definition) is 6. The predicted molar refractivity (Wildman–Crippen MR) is 108 cm³/mol. The van der Waals surface area contributed by atoms with Gasteiger partial charge in [-0.1, -0.05) is 29.8 Å². The minimum Gasteiger partial charge on any atom is -0.470 e. The van der Waals surface area contributed by atoms with Crippen molar-refractivity contribution in [3.8, 4) is 5.75 Å². The molecule has 1 atom stereocenters. The minimum absolute atomic E-state index is 0.0737. The van der Waals surface area contributed by atoms with Crippen LogP contribution in [0.1, 0.15) is 35.2 Å². The van der Waals surface area contributed by atoms with Gasteiger partial charge in [0, 0.05) is 25.1 Å². The number of nitro benzene ring substituents is 1. The fourth-order valence-electron chi connectivity index (χ4n) is 3.50. The smallest absolute Gasteiger partial charge is 0.302 e. The van der Waals surface area contributed by atoms with Gasteiger partial charge in [-0.3, -0.25) is 19.7 Å². The van der Waals surface area contributed by atoms with Crippen LogP contribution in [-0.4, -0.2) is 29.9 Å². The summed E-state index contributed by atoms with van der Waals surface area (Å²) in [5.74, 6) is -0.342. The van der Waals surface area contributed by atoms with Crippen molar-refractivity contribution in [3.05, 3.63) is 62.7 Å². The van der Waals surface area contributed by atoms with Crippen LogP contribution < -0.4 is 15.4 Å². The van der Waals surface area contributed by atoms with E-state index in [0.717, 1.165) is 17.7 Å². The van der Waals surface area contributed by atoms with E-state index in [-0.39, 0.29) is 22.8 Å². The van der Waals surface area contributed by atoms with E-state index >= 15 is 0 Å². The summed E-state index contributed by atoms with van der Waals surface area (Å²) >= 11 is 5.91. The molecule has 2 aromatic rings. The molecule has 29 heavy (non-hydrogen) atoms. The lowest BCUT2D eigenvalue weighted by atomic mass is 10.1. The van der Waals surface area contributed by atoms with Gasteiger partial charge in [-0.2, -0.15) is 0 Å². The lowest BCUT2D eigenvalue weighted by Crippen LogP contribution is -2.39. The highest BCUT2D eigenvalue weighted by Crippen LogP contribution is 2.37. The molecule has 2 N–H and O–H groups in total. The van der Waals surface area contributed by atoms with E-state index in [4.69, 9.17) is 22.1 Å². The molecule has 3 rings (SSSR count). The van der Waals surface area contributed by atoms with Gasteiger partial charge >= 0.3 is 5.69 Å². The number of ether oxygens (including phenoxy) is 1. The number of nitrogens with two attached hydrogens (primary N) is 1. The van der Waals surface area contributed by atoms with E-state index in [1.807, 2.05) is 29.2 Å². The van der Waals surface area contributed by atoms with E-state index in [1.165, 1.54) is 12.1 Å². The van der Waals surface area contributed by atoms with Gasteiger partial charge in [0.1, 0.15) is 16.3 Å². The average molecular weight is 418 g/mol. The molecule has 1 unspecified atom stereocenters. The molecule has 0 saturated carbocycles. The highest BCUT2D eigenvalue weighted by molar-refractivity contribution is 6.33. The van der Waals surface area contributed by atoms with E-state index < -0.39 is 22.7 Å². The molecule has 2 aromatic carbocycles. The zero-order valence-electron chi connectivity index (χ0n) is 15.5. The number of nitro groups is 1. The summed E-state index contributed by atoms with van der Waals surface area (Å²) in [4.78, 5) is 35.4. The molecule has 1 heterocycles. The molecule has 0 spiro atoms. The number of fused-ring (bicyclic) bond motifs is 1.